The molecule has 2 heterocycles. The van der Waals surface area contributed by atoms with Gasteiger partial charge in [-0.25, -0.2) is 4.98 Å². The van der Waals surface area contributed by atoms with Crippen LogP contribution in [0.4, 0.5) is 0 Å². The lowest BCUT2D eigenvalue weighted by Crippen LogP contribution is -1.88. The molecule has 64 valence electrons. The fourth-order valence-corrected chi connectivity index (χ4v) is 1.26. The third-order valence-corrected chi connectivity index (χ3v) is 1.93. The highest BCUT2D eigenvalue weighted by Crippen LogP contribution is 2.12. The zero-order valence-corrected chi connectivity index (χ0v) is 7.58. The van der Waals surface area contributed by atoms with Crippen LogP contribution in [0, 0.1) is 4.64 Å². The third-order valence-electron chi connectivity index (χ3n) is 1.62. The zero-order valence-electron chi connectivity index (χ0n) is 6.77. The molecule has 0 atom stereocenters. The summed E-state index contributed by atoms with van der Waals surface area (Å²) in [5.41, 5.74) is 1.52. The number of aromatic amines is 1. The van der Waals surface area contributed by atoms with Crippen molar-refractivity contribution < 1.29 is 0 Å². The van der Waals surface area contributed by atoms with E-state index in [-0.39, 0.29) is 0 Å². The maximum absolute atomic E-state index is 5.08. The van der Waals surface area contributed by atoms with Gasteiger partial charge in [-0.05, 0) is 12.1 Å². The van der Waals surface area contributed by atoms with Crippen molar-refractivity contribution in [1.29, 1.82) is 0 Å². The summed E-state index contributed by atoms with van der Waals surface area (Å²) in [4.78, 5) is 11.2. The molecule has 0 spiro atoms. The Balaban J connectivity index is 2.60. The van der Waals surface area contributed by atoms with Crippen LogP contribution in [0.15, 0.2) is 36.8 Å². The van der Waals surface area contributed by atoms with Crippen molar-refractivity contribution >= 4 is 12.2 Å². The van der Waals surface area contributed by atoms with Crippen LogP contribution in [0.5, 0.6) is 0 Å². The van der Waals surface area contributed by atoms with Gasteiger partial charge < -0.3 is 4.98 Å². The molecule has 0 aliphatic heterocycles. The third kappa shape index (κ3) is 1.62. The minimum atomic E-state index is 0.612. The van der Waals surface area contributed by atoms with Crippen LogP contribution in [-0.4, -0.2) is 15.0 Å². The molecule has 0 saturated heterocycles. The predicted molar refractivity (Wildman–Crippen MR) is 52.7 cm³/mol. The Labute approximate surface area is 80.5 Å². The van der Waals surface area contributed by atoms with E-state index < -0.39 is 0 Å². The van der Waals surface area contributed by atoms with Crippen LogP contribution < -0.4 is 0 Å². The number of rotatable bonds is 1. The molecular formula is C9H7N3S. The largest absolute Gasteiger partial charge is 0.350 e. The molecule has 3 nitrogen and oxygen atoms in total. The minimum absolute atomic E-state index is 0.612. The molecule has 2 aromatic rings. The van der Waals surface area contributed by atoms with Gasteiger partial charge in [0.25, 0.3) is 0 Å². The standard InChI is InChI=1S/C9H7N3S/c13-9-8(11-5-6-12-9)7-3-1-2-4-10-7/h1-6H,(H,12,13). The first kappa shape index (κ1) is 8.07. The van der Waals surface area contributed by atoms with E-state index in [0.717, 1.165) is 11.4 Å². The van der Waals surface area contributed by atoms with Crippen LogP contribution in [0.25, 0.3) is 11.4 Å². The first-order valence-corrected chi connectivity index (χ1v) is 4.24. The number of nitrogens with one attached hydrogen (secondary N) is 1. The molecule has 4 heteroatoms. The fourth-order valence-electron chi connectivity index (χ4n) is 1.04. The average molecular weight is 189 g/mol. The van der Waals surface area contributed by atoms with Gasteiger partial charge in [0.1, 0.15) is 10.3 Å². The van der Waals surface area contributed by atoms with Gasteiger partial charge in [-0.1, -0.05) is 18.3 Å². The summed E-state index contributed by atoms with van der Waals surface area (Å²) in [7, 11) is 0. The second-order valence-corrected chi connectivity index (χ2v) is 2.89. The van der Waals surface area contributed by atoms with Crippen molar-refractivity contribution in [2.45, 2.75) is 0 Å². The highest BCUT2D eigenvalue weighted by molar-refractivity contribution is 7.71. The van der Waals surface area contributed by atoms with E-state index >= 15 is 0 Å². The number of H-pyrrole nitrogens is 1. The molecule has 0 bridgehead atoms. The van der Waals surface area contributed by atoms with Gasteiger partial charge in [0.15, 0.2) is 0 Å². The molecular weight excluding hydrogens is 182 g/mol. The first-order valence-electron chi connectivity index (χ1n) is 3.83. The van der Waals surface area contributed by atoms with Crippen molar-refractivity contribution in [3.63, 3.8) is 0 Å². The van der Waals surface area contributed by atoms with Crippen LogP contribution in [0.2, 0.25) is 0 Å². The Morgan fingerprint density at radius 1 is 1.15 bits per heavy atom. The molecule has 1 N–H and O–H groups in total. The Hall–Kier alpha value is -1.55. The van der Waals surface area contributed by atoms with Gasteiger partial charge >= 0.3 is 0 Å². The molecule has 0 fully saturated rings. The topological polar surface area (TPSA) is 41.6 Å². The second-order valence-electron chi connectivity index (χ2n) is 2.48. The van der Waals surface area contributed by atoms with Gasteiger partial charge in [-0.2, -0.15) is 0 Å². The normalized spacial score (nSPS) is 9.85. The maximum Gasteiger partial charge on any atom is 0.131 e. The average Bonchev–Trinajstić information content (AvgIpc) is 2.20. The van der Waals surface area contributed by atoms with Crippen molar-refractivity contribution in [1.82, 2.24) is 15.0 Å². The first-order chi connectivity index (χ1) is 6.38. The Kier molecular flexibility index (Phi) is 2.14. The lowest BCUT2D eigenvalue weighted by atomic mass is 10.3. The molecule has 0 aromatic carbocycles. The van der Waals surface area contributed by atoms with Crippen LogP contribution in [0.3, 0.4) is 0 Å². The number of pyridine rings is 1. The van der Waals surface area contributed by atoms with Gasteiger partial charge in [0.2, 0.25) is 0 Å². The number of aromatic nitrogens is 3. The Morgan fingerprint density at radius 2 is 2.08 bits per heavy atom. The number of hydrogen-bond donors (Lipinski definition) is 1. The van der Waals surface area contributed by atoms with Crippen molar-refractivity contribution in [2.75, 3.05) is 0 Å². The van der Waals surface area contributed by atoms with Crippen LogP contribution >= 0.6 is 12.2 Å². The summed E-state index contributed by atoms with van der Waals surface area (Å²) < 4.78 is 0.612. The summed E-state index contributed by atoms with van der Waals surface area (Å²) in [6.45, 7) is 0. The summed E-state index contributed by atoms with van der Waals surface area (Å²) in [5, 5.41) is 0. The van der Waals surface area contributed by atoms with Crippen LogP contribution in [-0.2, 0) is 0 Å². The van der Waals surface area contributed by atoms with Gasteiger partial charge in [0.05, 0.1) is 5.69 Å². The highest BCUT2D eigenvalue weighted by Gasteiger charge is 2.00. The van der Waals surface area contributed by atoms with Gasteiger partial charge in [0, 0.05) is 18.6 Å². The smallest absolute Gasteiger partial charge is 0.131 e. The van der Waals surface area contributed by atoms with E-state index in [1.165, 1.54) is 0 Å². The molecule has 2 aromatic heterocycles. The Morgan fingerprint density at radius 3 is 2.77 bits per heavy atom. The molecule has 2 rings (SSSR count). The quantitative estimate of drug-likeness (QED) is 0.699. The van der Waals surface area contributed by atoms with Crippen LogP contribution in [0.1, 0.15) is 0 Å². The summed E-state index contributed by atoms with van der Waals surface area (Å²) in [6, 6.07) is 5.65. The van der Waals surface area contributed by atoms with Crippen molar-refractivity contribution in [2.24, 2.45) is 0 Å². The van der Waals surface area contributed by atoms with Crippen molar-refractivity contribution in [3.05, 3.63) is 41.4 Å². The predicted octanol–water partition coefficient (Wildman–Crippen LogP) is 2.20. The second kappa shape index (κ2) is 3.45. The Bertz CT molecular complexity index is 450. The van der Waals surface area contributed by atoms with E-state index in [2.05, 4.69) is 15.0 Å². The number of nitrogens with zero attached hydrogens (tertiary/aromatic N) is 2. The van der Waals surface area contributed by atoms with Crippen molar-refractivity contribution in [3.8, 4) is 11.4 Å². The highest BCUT2D eigenvalue weighted by atomic mass is 32.1. The fraction of sp³-hybridized carbons (Fsp3) is 0. The van der Waals surface area contributed by atoms with E-state index in [4.69, 9.17) is 12.2 Å². The maximum atomic E-state index is 5.08. The summed E-state index contributed by atoms with van der Waals surface area (Å²) in [5.74, 6) is 0. The molecule has 0 aliphatic carbocycles. The van der Waals surface area contributed by atoms with E-state index in [1.54, 1.807) is 18.6 Å². The van der Waals surface area contributed by atoms with Gasteiger partial charge in [-0.3, -0.25) is 4.98 Å². The molecule has 0 amide bonds. The van der Waals surface area contributed by atoms with E-state index in [9.17, 15) is 0 Å². The monoisotopic (exact) mass is 189 g/mol. The zero-order chi connectivity index (χ0) is 9.10. The molecule has 13 heavy (non-hydrogen) atoms. The molecule has 0 unspecified atom stereocenters. The number of hydrogen-bond acceptors (Lipinski definition) is 3. The molecule has 0 saturated carbocycles. The summed E-state index contributed by atoms with van der Waals surface area (Å²) in [6.07, 6.45) is 5.09. The van der Waals surface area contributed by atoms with E-state index in [1.807, 2.05) is 18.2 Å². The molecule has 0 radical (unpaired) electrons. The van der Waals surface area contributed by atoms with Gasteiger partial charge in [-0.15, -0.1) is 0 Å². The summed E-state index contributed by atoms with van der Waals surface area (Å²) >= 11 is 5.08. The lowest BCUT2D eigenvalue weighted by molar-refractivity contribution is 1.16. The lowest BCUT2D eigenvalue weighted by Gasteiger charge is -1.97. The molecule has 0 aliphatic rings. The SMILES string of the molecule is S=c1[nH]ccnc1-c1ccccn1. The minimum Gasteiger partial charge on any atom is -0.350 e. The van der Waals surface area contributed by atoms with E-state index in [0.29, 0.717) is 4.64 Å².